The number of carboxylic acid groups (broad SMARTS) is 1. The van der Waals surface area contributed by atoms with Crippen LogP contribution in [-0.2, 0) is 4.79 Å². The van der Waals surface area contributed by atoms with E-state index in [0.29, 0.717) is 0 Å². The second-order valence-electron chi connectivity index (χ2n) is 2.74. The van der Waals surface area contributed by atoms with Gasteiger partial charge in [-0.1, -0.05) is 23.2 Å². The van der Waals surface area contributed by atoms with Crippen LogP contribution in [0.1, 0.15) is 0 Å². The zero-order valence-electron chi connectivity index (χ0n) is 6.08. The third kappa shape index (κ3) is 1.91. The number of halogens is 2. The first-order valence-corrected chi connectivity index (χ1v) is 4.20. The van der Waals surface area contributed by atoms with Crippen LogP contribution in [0.15, 0.2) is 10.6 Å². The smallest absolute Gasteiger partial charge is 0.307 e. The van der Waals surface area contributed by atoms with E-state index in [-0.39, 0.29) is 22.9 Å². The monoisotopic (exact) mass is 210 g/mol. The molecule has 1 saturated carbocycles. The summed E-state index contributed by atoms with van der Waals surface area (Å²) in [5.74, 6) is -1.88. The van der Waals surface area contributed by atoms with Crippen molar-refractivity contribution in [2.45, 2.75) is 0 Å². The number of aliphatic carboxylic acids is 1. The first-order chi connectivity index (χ1) is 5.57. The van der Waals surface area contributed by atoms with Gasteiger partial charge in [-0.15, -0.1) is 0 Å². The molecule has 1 aliphatic rings. The molecule has 2 N–H and O–H groups in total. The number of carboxylic acids is 1. The van der Waals surface area contributed by atoms with E-state index in [4.69, 9.17) is 33.4 Å². The Kier molecular flexibility index (Phi) is 2.99. The molecule has 3 atom stereocenters. The fourth-order valence-electron chi connectivity index (χ4n) is 1.36. The maximum atomic E-state index is 10.5. The fourth-order valence-corrected chi connectivity index (χ4v) is 1.65. The van der Waals surface area contributed by atoms with Crippen LogP contribution < -0.4 is 0 Å². The van der Waals surface area contributed by atoms with E-state index in [1.165, 1.54) is 6.08 Å². The van der Waals surface area contributed by atoms with Gasteiger partial charge in [0.05, 0.1) is 5.92 Å². The van der Waals surface area contributed by atoms with E-state index in [1.807, 2.05) is 0 Å². The summed E-state index contributed by atoms with van der Waals surface area (Å²) in [5, 5.41) is 17.3. The van der Waals surface area contributed by atoms with Crippen LogP contribution in [0.25, 0.3) is 0 Å². The molecule has 1 fully saturated rings. The molecule has 0 spiro atoms. The number of carbonyl (C=O) groups is 1. The van der Waals surface area contributed by atoms with Gasteiger partial charge in [-0.25, -0.2) is 0 Å². The van der Waals surface area contributed by atoms with Gasteiger partial charge in [-0.2, -0.15) is 0 Å². The van der Waals surface area contributed by atoms with Crippen LogP contribution in [0, 0.1) is 17.8 Å². The first kappa shape index (κ1) is 9.84. The van der Waals surface area contributed by atoms with Crippen LogP contribution in [0.3, 0.4) is 0 Å². The third-order valence-corrected chi connectivity index (χ3v) is 2.30. The minimum Gasteiger partial charge on any atom is -0.481 e. The molecule has 12 heavy (non-hydrogen) atoms. The van der Waals surface area contributed by atoms with E-state index < -0.39 is 11.9 Å². The molecule has 3 unspecified atom stereocenters. The molecule has 3 nitrogen and oxygen atoms in total. The summed E-state index contributed by atoms with van der Waals surface area (Å²) >= 11 is 10.7. The van der Waals surface area contributed by atoms with Gasteiger partial charge in [-0.05, 0) is 12.0 Å². The van der Waals surface area contributed by atoms with Gasteiger partial charge in [0.25, 0.3) is 0 Å². The standard InChI is InChI=1S/C7H8Cl2O3/c8-5(9)1-3-4(2-10)6(3)7(11)12/h1,3-4,6,10H,2H2,(H,11,12). The third-order valence-electron chi connectivity index (χ3n) is 2.04. The fraction of sp³-hybridized carbons (Fsp3) is 0.571. The highest BCUT2D eigenvalue weighted by Gasteiger charge is 2.53. The Morgan fingerprint density at radius 3 is 2.33 bits per heavy atom. The summed E-state index contributed by atoms with van der Waals surface area (Å²) in [6.45, 7) is -0.140. The lowest BCUT2D eigenvalue weighted by atomic mass is 10.3. The van der Waals surface area contributed by atoms with Gasteiger partial charge in [0.1, 0.15) is 4.49 Å². The molecule has 1 aliphatic carbocycles. The number of hydrogen-bond donors (Lipinski definition) is 2. The molecule has 0 amide bonds. The molecule has 0 heterocycles. The first-order valence-electron chi connectivity index (χ1n) is 3.44. The Hall–Kier alpha value is -0.250. The number of aliphatic hydroxyl groups is 1. The summed E-state index contributed by atoms with van der Waals surface area (Å²) in [6.07, 6.45) is 1.46. The second kappa shape index (κ2) is 3.64. The zero-order chi connectivity index (χ0) is 9.30. The largest absolute Gasteiger partial charge is 0.481 e. The van der Waals surface area contributed by atoms with Gasteiger partial charge < -0.3 is 10.2 Å². The SMILES string of the molecule is O=C(O)C1C(C=C(Cl)Cl)C1CO. The van der Waals surface area contributed by atoms with E-state index in [2.05, 4.69) is 0 Å². The van der Waals surface area contributed by atoms with Crippen molar-refractivity contribution in [3.8, 4) is 0 Å². The van der Waals surface area contributed by atoms with E-state index in [0.717, 1.165) is 0 Å². The van der Waals surface area contributed by atoms with Gasteiger partial charge in [0.2, 0.25) is 0 Å². The summed E-state index contributed by atoms with van der Waals surface area (Å²) in [4.78, 5) is 10.5. The maximum absolute atomic E-state index is 10.5. The van der Waals surface area contributed by atoms with Crippen LogP contribution in [0.4, 0.5) is 0 Å². The molecule has 1 rings (SSSR count). The summed E-state index contributed by atoms with van der Waals surface area (Å²) < 4.78 is 0.0576. The summed E-state index contributed by atoms with van der Waals surface area (Å²) in [7, 11) is 0. The maximum Gasteiger partial charge on any atom is 0.307 e. The normalized spacial score (nSPS) is 32.8. The molecule has 0 saturated heterocycles. The highest BCUT2D eigenvalue weighted by molar-refractivity contribution is 6.55. The summed E-state index contributed by atoms with van der Waals surface area (Å²) in [6, 6.07) is 0. The summed E-state index contributed by atoms with van der Waals surface area (Å²) in [5.41, 5.74) is 0. The van der Waals surface area contributed by atoms with Crippen LogP contribution >= 0.6 is 23.2 Å². The lowest BCUT2D eigenvalue weighted by Crippen LogP contribution is -2.01. The van der Waals surface area contributed by atoms with E-state index >= 15 is 0 Å². The van der Waals surface area contributed by atoms with Crippen LogP contribution in [0.2, 0.25) is 0 Å². The van der Waals surface area contributed by atoms with Crippen molar-refractivity contribution < 1.29 is 15.0 Å². The minimum atomic E-state index is -0.912. The molecule has 0 aromatic carbocycles. The average molecular weight is 211 g/mol. The molecule has 0 aliphatic heterocycles. The quantitative estimate of drug-likeness (QED) is 0.738. The van der Waals surface area contributed by atoms with Crippen molar-refractivity contribution in [2.24, 2.45) is 17.8 Å². The van der Waals surface area contributed by atoms with Crippen molar-refractivity contribution in [1.82, 2.24) is 0 Å². The van der Waals surface area contributed by atoms with Gasteiger partial charge in [-0.3, -0.25) is 4.79 Å². The topological polar surface area (TPSA) is 57.5 Å². The van der Waals surface area contributed by atoms with E-state index in [9.17, 15) is 4.79 Å². The Morgan fingerprint density at radius 2 is 2.08 bits per heavy atom. The van der Waals surface area contributed by atoms with Gasteiger partial charge in [0.15, 0.2) is 0 Å². The Labute approximate surface area is 79.6 Å². The Bertz CT molecular complexity index is 223. The Morgan fingerprint density at radius 1 is 1.50 bits per heavy atom. The van der Waals surface area contributed by atoms with Crippen LogP contribution in [0.5, 0.6) is 0 Å². The molecule has 0 bridgehead atoms. The number of rotatable bonds is 3. The van der Waals surface area contributed by atoms with Crippen molar-refractivity contribution in [2.75, 3.05) is 6.61 Å². The molecule has 0 aromatic rings. The molecular formula is C7H8Cl2O3. The van der Waals surface area contributed by atoms with Crippen molar-refractivity contribution in [3.63, 3.8) is 0 Å². The molecule has 0 aromatic heterocycles. The number of hydrogen-bond acceptors (Lipinski definition) is 2. The molecule has 68 valence electrons. The average Bonchev–Trinajstić information content (AvgIpc) is 2.60. The minimum absolute atomic E-state index is 0.0576. The molecule has 0 radical (unpaired) electrons. The highest BCUT2D eigenvalue weighted by Crippen LogP contribution is 2.48. The predicted molar refractivity (Wildman–Crippen MR) is 45.0 cm³/mol. The predicted octanol–water partition coefficient (Wildman–Crippen LogP) is 1.24. The molecule has 5 heteroatoms. The lowest BCUT2D eigenvalue weighted by molar-refractivity contribution is -0.139. The van der Waals surface area contributed by atoms with Crippen molar-refractivity contribution >= 4 is 29.2 Å². The zero-order valence-corrected chi connectivity index (χ0v) is 7.59. The number of allylic oxidation sites excluding steroid dienone is 1. The Balaban J connectivity index is 2.59. The van der Waals surface area contributed by atoms with E-state index in [1.54, 1.807) is 0 Å². The molecular weight excluding hydrogens is 203 g/mol. The van der Waals surface area contributed by atoms with Gasteiger partial charge in [0, 0.05) is 12.5 Å². The second-order valence-corrected chi connectivity index (χ2v) is 3.75. The van der Waals surface area contributed by atoms with Gasteiger partial charge >= 0.3 is 5.97 Å². The van der Waals surface area contributed by atoms with Crippen molar-refractivity contribution in [1.29, 1.82) is 0 Å². The highest BCUT2D eigenvalue weighted by atomic mass is 35.5. The van der Waals surface area contributed by atoms with Crippen molar-refractivity contribution in [3.05, 3.63) is 10.6 Å². The van der Waals surface area contributed by atoms with Crippen LogP contribution in [-0.4, -0.2) is 22.8 Å². The lowest BCUT2D eigenvalue weighted by Gasteiger charge is -1.84. The number of aliphatic hydroxyl groups excluding tert-OH is 1.